The Balaban J connectivity index is 1.76. The van der Waals surface area contributed by atoms with Crippen LogP contribution in [0.25, 0.3) is 0 Å². The molecular formula is C45H75N5O9SSe. The molecule has 14 nitrogen and oxygen atoms in total. The van der Waals surface area contributed by atoms with Gasteiger partial charge < -0.3 is 24.8 Å². The van der Waals surface area contributed by atoms with Crippen LogP contribution in [0.3, 0.4) is 0 Å². The van der Waals surface area contributed by atoms with Gasteiger partial charge in [0.15, 0.2) is 0 Å². The number of carbonyl (C=O) groups excluding carboxylic acids is 5. The average molecular weight is 941 g/mol. The second-order valence-corrected chi connectivity index (χ2v) is 20.6. The molecule has 12 atom stereocenters. The molecule has 2 aliphatic rings. The molecule has 1 saturated heterocycles. The Hall–Kier alpha value is -2.88. The summed E-state index contributed by atoms with van der Waals surface area (Å²) in [7, 11) is 6.34. The van der Waals surface area contributed by atoms with Gasteiger partial charge in [0.1, 0.15) is 0 Å². The van der Waals surface area contributed by atoms with E-state index >= 15 is 0 Å². The van der Waals surface area contributed by atoms with Crippen LogP contribution in [0.5, 0.6) is 0 Å². The first-order chi connectivity index (χ1) is 28.8. The van der Waals surface area contributed by atoms with Crippen molar-refractivity contribution < 1.29 is 43.3 Å². The van der Waals surface area contributed by atoms with Gasteiger partial charge in [0, 0.05) is 20.8 Å². The Kier molecular flexibility index (Phi) is 21.4. The fraction of sp³-hybridized carbons (Fsp3) is 0.756. The third-order valence-corrected chi connectivity index (χ3v) is 16.0. The average Bonchev–Trinajstić information content (AvgIpc) is 3.91. The van der Waals surface area contributed by atoms with E-state index in [1.165, 1.54) is 12.0 Å². The summed E-state index contributed by atoms with van der Waals surface area (Å²) in [5.41, 5.74) is 0.698. The number of nitrogens with zero attached hydrogens (tertiary/aromatic N) is 3. The van der Waals surface area contributed by atoms with Crippen molar-refractivity contribution in [3.8, 4) is 0 Å². The summed E-state index contributed by atoms with van der Waals surface area (Å²) in [4.78, 5) is 74.8. The third-order valence-electron chi connectivity index (χ3n) is 12.9. The third kappa shape index (κ3) is 13.6. The van der Waals surface area contributed by atoms with Crippen LogP contribution in [0, 0.1) is 23.7 Å². The number of likely N-dealkylation sites (N-methyl/N-ethyl adjacent to an activating group) is 2. The molecule has 1 heterocycles. The number of amides is 5. The summed E-state index contributed by atoms with van der Waals surface area (Å²) >= 11 is 4.54. The molecule has 5 amide bonds. The van der Waals surface area contributed by atoms with E-state index in [0.29, 0.717) is 24.9 Å². The predicted octanol–water partition coefficient (Wildman–Crippen LogP) is 5.27. The Morgan fingerprint density at radius 1 is 0.885 bits per heavy atom. The quantitative estimate of drug-likeness (QED) is 0.0896. The Morgan fingerprint density at radius 3 is 2.10 bits per heavy atom. The van der Waals surface area contributed by atoms with Gasteiger partial charge in [-0.25, -0.2) is 0 Å². The molecular weight excluding hydrogens is 866 g/mol. The number of methoxy groups -OCH3 is 2. The van der Waals surface area contributed by atoms with E-state index in [-0.39, 0.29) is 72.7 Å². The van der Waals surface area contributed by atoms with Gasteiger partial charge in [0.2, 0.25) is 11.8 Å². The number of thiol groups is 1. The molecule has 0 spiro atoms. The van der Waals surface area contributed by atoms with E-state index in [9.17, 15) is 29.1 Å². The molecule has 1 aliphatic heterocycles. The Morgan fingerprint density at radius 2 is 1.54 bits per heavy atom. The van der Waals surface area contributed by atoms with E-state index in [1.807, 2.05) is 71.9 Å². The molecule has 3 rings (SSSR count). The number of hydrogen-bond donors (Lipinski definition) is 4. The van der Waals surface area contributed by atoms with Crippen molar-refractivity contribution in [3.05, 3.63) is 35.9 Å². The number of benzene rings is 1. The van der Waals surface area contributed by atoms with Crippen molar-refractivity contribution in [2.24, 2.45) is 23.7 Å². The number of carbonyl (C=O) groups is 5. The fourth-order valence-electron chi connectivity index (χ4n) is 9.05. The van der Waals surface area contributed by atoms with Crippen molar-refractivity contribution in [2.75, 3.05) is 34.9 Å². The Bertz CT molecular complexity index is 1580. The van der Waals surface area contributed by atoms with Crippen molar-refractivity contribution in [1.29, 1.82) is 0 Å². The number of rotatable bonds is 22. The molecule has 1 aromatic rings. The van der Waals surface area contributed by atoms with Gasteiger partial charge in [-0.2, -0.15) is 0 Å². The van der Waals surface area contributed by atoms with Gasteiger partial charge in [-0.3, -0.25) is 9.59 Å². The molecule has 1 saturated carbocycles. The van der Waals surface area contributed by atoms with E-state index in [0.717, 1.165) is 25.7 Å². The van der Waals surface area contributed by atoms with Crippen LogP contribution >= 0.6 is 11.0 Å². The zero-order valence-electron chi connectivity index (χ0n) is 38.5. The van der Waals surface area contributed by atoms with E-state index in [4.69, 9.17) is 14.2 Å². The van der Waals surface area contributed by atoms with Gasteiger partial charge in [0.05, 0.1) is 42.7 Å². The summed E-state index contributed by atoms with van der Waals surface area (Å²) in [6.45, 7) is 15.5. The van der Waals surface area contributed by atoms with Crippen LogP contribution in [0.2, 0.25) is 4.82 Å². The van der Waals surface area contributed by atoms with E-state index < -0.39 is 60.4 Å². The number of likely N-dealkylation sites (tertiary alicyclic amines) is 1. The maximum absolute atomic E-state index is 14.5. The van der Waals surface area contributed by atoms with E-state index in [1.54, 1.807) is 44.9 Å². The van der Waals surface area contributed by atoms with Crippen molar-refractivity contribution in [3.63, 3.8) is 0 Å². The zero-order valence-corrected chi connectivity index (χ0v) is 41.1. The number of aliphatic hydroxyl groups is 1. The Labute approximate surface area is 375 Å². The number of nitrogens with one attached hydrogen (secondary N) is 2. The number of ether oxygens (including phenoxy) is 3. The summed E-state index contributed by atoms with van der Waals surface area (Å²) in [5, 5.41) is 16.8. The van der Waals surface area contributed by atoms with Crippen molar-refractivity contribution in [1.82, 2.24) is 25.3 Å². The molecule has 0 bridgehead atoms. The fourth-order valence-corrected chi connectivity index (χ4v) is 11.6. The van der Waals surface area contributed by atoms with Crippen molar-refractivity contribution in [2.45, 2.75) is 160 Å². The second-order valence-electron chi connectivity index (χ2n) is 17.8. The van der Waals surface area contributed by atoms with Crippen LogP contribution in [-0.2, 0) is 33.4 Å². The van der Waals surface area contributed by atoms with Crippen molar-refractivity contribution >= 4 is 54.6 Å². The van der Waals surface area contributed by atoms with Gasteiger partial charge in [-0.1, -0.05) is 57.5 Å². The first-order valence-electron chi connectivity index (χ1n) is 22.0. The second kappa shape index (κ2) is 24.8. The van der Waals surface area contributed by atoms with Crippen LogP contribution in [0.15, 0.2) is 30.3 Å². The van der Waals surface area contributed by atoms with Crippen LogP contribution < -0.4 is 10.6 Å². The summed E-state index contributed by atoms with van der Waals surface area (Å²) < 4.78 is 17.9. The first-order valence-corrected chi connectivity index (χ1v) is 25.7. The van der Waals surface area contributed by atoms with E-state index in [2.05, 4.69) is 21.7 Å². The first kappa shape index (κ1) is 52.5. The van der Waals surface area contributed by atoms with Gasteiger partial charge in [-0.15, -0.1) is 0 Å². The maximum atomic E-state index is 14.5. The summed E-state index contributed by atoms with van der Waals surface area (Å²) in [5.74, 6) is -2.54. The summed E-state index contributed by atoms with van der Waals surface area (Å²) in [6, 6.07) is 5.88. The SMILES string of the molecule is CC[C@H](C)[C@@H]([C@@H](CC(=O)N1CCC[C@H]1[C@H](OC)[C@@H](C)C(=O)N[C@H](C)[C@@H](O)c1ccccc1)OC)N(C)C(=O)[C@@H](NC(=O)[C@H](C(C)C)N(C)C(=O)O[C@H]1CCC[C@@H]1[Se]S)C(C)C. The minimum absolute atomic E-state index is 0.0197. The minimum atomic E-state index is -0.927. The zero-order chi connectivity index (χ0) is 45.7. The van der Waals surface area contributed by atoms with Gasteiger partial charge in [0.25, 0.3) is 0 Å². The number of hydrogen-bond acceptors (Lipinski definition) is 10. The molecule has 346 valence electrons. The molecule has 0 unspecified atom stereocenters. The number of aliphatic hydroxyl groups excluding tert-OH is 1. The van der Waals surface area contributed by atoms with Crippen LogP contribution in [0.1, 0.15) is 112 Å². The molecule has 61 heavy (non-hydrogen) atoms. The molecule has 0 aromatic heterocycles. The van der Waals surface area contributed by atoms with Crippen LogP contribution in [-0.4, -0.2) is 147 Å². The molecule has 3 N–H and O–H groups in total. The molecule has 2 fully saturated rings. The normalized spacial score (nSPS) is 22.4. The molecule has 1 aliphatic carbocycles. The topological polar surface area (TPSA) is 167 Å². The molecule has 16 heteroatoms. The summed E-state index contributed by atoms with van der Waals surface area (Å²) in [6.07, 6.45) is 1.78. The standard InChI is InChI=1S/C45H75N5O9SSe/c1-13-28(6)39(48(9)44(55)37(26(2)3)47-43(54)38(27(4)5)49(10)45(56)59-33-22-17-23-35(33)61-60)34(57-11)25-36(51)50-24-18-21-32(50)41(58-12)29(7)42(53)46-30(8)40(52)31-19-15-14-16-20-31/h14-16,19-20,26-30,32-35,37-41,52,60H,13,17-18,21-25H2,1-12H3,(H,46,53)(H,47,54)/t28-,29+,30+,32-,33-,34+,35-,37-,38-,39-,40+,41+/m0/s1. The van der Waals surface area contributed by atoms with Gasteiger partial charge in [-0.05, 0) is 31.2 Å². The van der Waals surface area contributed by atoms with Gasteiger partial charge >= 0.3 is 179 Å². The molecule has 1 aromatic carbocycles. The monoisotopic (exact) mass is 941 g/mol. The predicted molar refractivity (Wildman–Crippen MR) is 241 cm³/mol. The van der Waals surface area contributed by atoms with Crippen LogP contribution in [0.4, 0.5) is 4.79 Å². The molecule has 0 radical (unpaired) electrons.